The molecule has 0 aliphatic carbocycles. The van der Waals surface area contributed by atoms with Crippen molar-refractivity contribution in [3.05, 3.63) is 23.0 Å². The summed E-state index contributed by atoms with van der Waals surface area (Å²) in [6, 6.07) is 2.01. The zero-order chi connectivity index (χ0) is 13.1. The van der Waals surface area contributed by atoms with E-state index in [1.165, 1.54) is 0 Å². The first kappa shape index (κ1) is 13.3. The number of piperazine rings is 1. The summed E-state index contributed by atoms with van der Waals surface area (Å²) in [6.45, 7) is 9.13. The molecular formula is C14H23N3O. The molecule has 1 N–H and O–H groups in total. The summed E-state index contributed by atoms with van der Waals surface area (Å²) in [4.78, 5) is 14.6. The first-order valence-electron chi connectivity index (χ1n) is 6.69. The van der Waals surface area contributed by atoms with Gasteiger partial charge in [-0.3, -0.25) is 4.79 Å². The van der Waals surface area contributed by atoms with Crippen LogP contribution in [0.2, 0.25) is 0 Å². The number of aryl methyl sites for hydroxylation is 1. The van der Waals surface area contributed by atoms with Crippen LogP contribution in [0.25, 0.3) is 0 Å². The van der Waals surface area contributed by atoms with Crippen LogP contribution in [0.4, 0.5) is 0 Å². The van der Waals surface area contributed by atoms with Crippen molar-refractivity contribution in [3.63, 3.8) is 0 Å². The molecule has 1 aliphatic heterocycles. The van der Waals surface area contributed by atoms with E-state index in [2.05, 4.69) is 14.8 Å². The van der Waals surface area contributed by atoms with Crippen LogP contribution >= 0.6 is 0 Å². The first-order valence-corrected chi connectivity index (χ1v) is 6.69. The second kappa shape index (κ2) is 5.67. The fourth-order valence-corrected chi connectivity index (χ4v) is 2.47. The molecule has 18 heavy (non-hydrogen) atoms. The van der Waals surface area contributed by atoms with E-state index in [0.717, 1.165) is 49.7 Å². The molecule has 1 saturated heterocycles. The summed E-state index contributed by atoms with van der Waals surface area (Å²) in [5.41, 5.74) is 3.13. The van der Waals surface area contributed by atoms with Gasteiger partial charge in [0.2, 0.25) is 0 Å². The second-order valence-electron chi connectivity index (χ2n) is 5.11. The van der Waals surface area contributed by atoms with Gasteiger partial charge in [-0.2, -0.15) is 0 Å². The zero-order valence-corrected chi connectivity index (χ0v) is 11.6. The number of carbonyl (C=O) groups excluding carboxylic acids is 1. The van der Waals surface area contributed by atoms with Crippen LogP contribution in [0.15, 0.2) is 6.07 Å². The number of Topliss-reactive ketones (excluding diaryl/α,β-unsaturated/α-hetero) is 1. The number of ketones is 1. The second-order valence-corrected chi connectivity index (χ2v) is 5.11. The Bertz CT molecular complexity index is 430. The van der Waals surface area contributed by atoms with Crippen LogP contribution in [0.3, 0.4) is 0 Å². The predicted molar refractivity (Wildman–Crippen MR) is 73.1 cm³/mol. The number of rotatable bonds is 4. The third-order valence-electron chi connectivity index (χ3n) is 3.94. The highest BCUT2D eigenvalue weighted by molar-refractivity contribution is 5.97. The van der Waals surface area contributed by atoms with Crippen LogP contribution in [0.1, 0.15) is 28.2 Å². The van der Waals surface area contributed by atoms with Gasteiger partial charge in [0.15, 0.2) is 5.78 Å². The molecule has 1 aromatic heterocycles. The Morgan fingerprint density at radius 2 is 2.00 bits per heavy atom. The number of nitrogens with zero attached hydrogens (tertiary/aromatic N) is 2. The molecule has 4 nitrogen and oxygen atoms in total. The monoisotopic (exact) mass is 249 g/mol. The molecule has 0 saturated carbocycles. The van der Waals surface area contributed by atoms with Gasteiger partial charge in [0.05, 0.1) is 0 Å². The maximum absolute atomic E-state index is 12.2. The third kappa shape index (κ3) is 2.82. The molecule has 100 valence electrons. The fourth-order valence-electron chi connectivity index (χ4n) is 2.47. The lowest BCUT2D eigenvalue weighted by Crippen LogP contribution is -2.44. The fraction of sp³-hybridized carbons (Fsp3) is 0.643. The largest absolute Gasteiger partial charge is 0.351 e. The molecule has 0 spiro atoms. The Labute approximate surface area is 109 Å². The molecule has 0 aromatic carbocycles. The van der Waals surface area contributed by atoms with Gasteiger partial charge in [0.25, 0.3) is 0 Å². The summed E-state index contributed by atoms with van der Waals surface area (Å²) in [5, 5.41) is 3.32. The van der Waals surface area contributed by atoms with E-state index in [1.54, 1.807) is 0 Å². The molecule has 4 heteroatoms. The molecule has 1 aromatic rings. The standard InChI is InChI=1S/C14H23N3O/c1-11-10-13(12(2)16(11)3)14(18)4-7-17-8-5-15-6-9-17/h10,15H,4-9H2,1-3H3. The van der Waals surface area contributed by atoms with Crippen molar-refractivity contribution in [1.29, 1.82) is 0 Å². The molecular weight excluding hydrogens is 226 g/mol. The molecule has 2 heterocycles. The maximum Gasteiger partial charge on any atom is 0.165 e. The van der Waals surface area contributed by atoms with Crippen LogP contribution in [-0.2, 0) is 7.05 Å². The van der Waals surface area contributed by atoms with Crippen molar-refractivity contribution in [1.82, 2.24) is 14.8 Å². The van der Waals surface area contributed by atoms with Crippen molar-refractivity contribution < 1.29 is 4.79 Å². The highest BCUT2D eigenvalue weighted by Gasteiger charge is 2.16. The van der Waals surface area contributed by atoms with Gasteiger partial charge in [0.1, 0.15) is 0 Å². The topological polar surface area (TPSA) is 37.3 Å². The molecule has 2 rings (SSSR count). The molecule has 0 amide bonds. The number of carbonyl (C=O) groups is 1. The Balaban J connectivity index is 1.93. The first-order chi connectivity index (χ1) is 8.59. The molecule has 0 radical (unpaired) electrons. The smallest absolute Gasteiger partial charge is 0.165 e. The van der Waals surface area contributed by atoms with E-state index in [0.29, 0.717) is 6.42 Å². The summed E-state index contributed by atoms with van der Waals surface area (Å²) in [5.74, 6) is 0.273. The summed E-state index contributed by atoms with van der Waals surface area (Å²) >= 11 is 0. The highest BCUT2D eigenvalue weighted by Crippen LogP contribution is 2.15. The predicted octanol–water partition coefficient (Wildman–Crippen LogP) is 1.12. The SMILES string of the molecule is Cc1cc(C(=O)CCN2CCNCC2)c(C)n1C. The van der Waals surface area contributed by atoms with E-state index in [1.807, 2.05) is 27.0 Å². The minimum Gasteiger partial charge on any atom is -0.351 e. The number of hydrogen-bond acceptors (Lipinski definition) is 3. The minimum atomic E-state index is 0.273. The highest BCUT2D eigenvalue weighted by atomic mass is 16.1. The Kier molecular flexibility index (Phi) is 4.19. The quantitative estimate of drug-likeness (QED) is 0.813. The van der Waals surface area contributed by atoms with Crippen LogP contribution < -0.4 is 5.32 Å². The van der Waals surface area contributed by atoms with Crippen molar-refractivity contribution >= 4 is 5.78 Å². The van der Waals surface area contributed by atoms with E-state index in [4.69, 9.17) is 0 Å². The lowest BCUT2D eigenvalue weighted by atomic mass is 10.1. The van der Waals surface area contributed by atoms with Gasteiger partial charge in [-0.05, 0) is 19.9 Å². The minimum absolute atomic E-state index is 0.273. The molecule has 0 unspecified atom stereocenters. The van der Waals surface area contributed by atoms with Gasteiger partial charge in [-0.1, -0.05) is 0 Å². The van der Waals surface area contributed by atoms with Crippen LogP contribution in [0, 0.1) is 13.8 Å². The van der Waals surface area contributed by atoms with Gasteiger partial charge in [-0.15, -0.1) is 0 Å². The summed E-state index contributed by atoms with van der Waals surface area (Å²) in [6.07, 6.45) is 0.629. The number of hydrogen-bond donors (Lipinski definition) is 1. The van der Waals surface area contributed by atoms with Gasteiger partial charge in [-0.25, -0.2) is 0 Å². The number of aromatic nitrogens is 1. The Morgan fingerprint density at radius 3 is 2.56 bits per heavy atom. The van der Waals surface area contributed by atoms with E-state index < -0.39 is 0 Å². The molecule has 1 aliphatic rings. The molecule has 0 bridgehead atoms. The van der Waals surface area contributed by atoms with Crippen LogP contribution in [-0.4, -0.2) is 48.0 Å². The lowest BCUT2D eigenvalue weighted by Gasteiger charge is -2.26. The third-order valence-corrected chi connectivity index (χ3v) is 3.94. The van der Waals surface area contributed by atoms with Crippen molar-refractivity contribution in [2.45, 2.75) is 20.3 Å². The van der Waals surface area contributed by atoms with Crippen molar-refractivity contribution in [2.24, 2.45) is 7.05 Å². The van der Waals surface area contributed by atoms with Gasteiger partial charge >= 0.3 is 0 Å². The van der Waals surface area contributed by atoms with Crippen molar-refractivity contribution in [2.75, 3.05) is 32.7 Å². The number of nitrogens with one attached hydrogen (secondary N) is 1. The summed E-state index contributed by atoms with van der Waals surface area (Å²) in [7, 11) is 2.01. The zero-order valence-electron chi connectivity index (χ0n) is 11.6. The van der Waals surface area contributed by atoms with Gasteiger partial charge in [0, 0.05) is 63.1 Å². The average molecular weight is 249 g/mol. The molecule has 0 atom stereocenters. The average Bonchev–Trinajstić information content (AvgIpc) is 2.65. The van der Waals surface area contributed by atoms with E-state index in [9.17, 15) is 4.79 Å². The van der Waals surface area contributed by atoms with Gasteiger partial charge < -0.3 is 14.8 Å². The Morgan fingerprint density at radius 1 is 1.33 bits per heavy atom. The van der Waals surface area contributed by atoms with E-state index >= 15 is 0 Å². The van der Waals surface area contributed by atoms with E-state index in [-0.39, 0.29) is 5.78 Å². The summed E-state index contributed by atoms with van der Waals surface area (Å²) < 4.78 is 2.08. The maximum atomic E-state index is 12.2. The lowest BCUT2D eigenvalue weighted by molar-refractivity contribution is 0.0960. The van der Waals surface area contributed by atoms with Crippen LogP contribution in [0.5, 0.6) is 0 Å². The van der Waals surface area contributed by atoms with Crippen molar-refractivity contribution in [3.8, 4) is 0 Å². The Hall–Kier alpha value is -1.13. The normalized spacial score (nSPS) is 17.1. The molecule has 1 fully saturated rings.